The van der Waals surface area contributed by atoms with Crippen LogP contribution in [0.2, 0.25) is 0 Å². The molecule has 9 nitrogen and oxygen atoms in total. The van der Waals surface area contributed by atoms with Gasteiger partial charge in [-0.25, -0.2) is 0 Å². The topological polar surface area (TPSA) is 92.2 Å². The second kappa shape index (κ2) is 13.4. The van der Waals surface area contributed by atoms with Crippen molar-refractivity contribution in [2.45, 2.75) is 91.6 Å². The number of aromatic nitrogens is 3. The number of hydrogen-bond acceptors (Lipinski definition) is 5. The molecule has 1 aliphatic carbocycles. The van der Waals surface area contributed by atoms with Crippen molar-refractivity contribution in [3.05, 3.63) is 65.4 Å². The van der Waals surface area contributed by atoms with Gasteiger partial charge in [0, 0.05) is 44.6 Å². The fraction of sp³-hybridized carbons (Fsp3) is 0.556. The average Bonchev–Trinajstić information content (AvgIpc) is 3.66. The third-order valence-corrected chi connectivity index (χ3v) is 10.7. The van der Waals surface area contributed by atoms with E-state index in [1.807, 2.05) is 44.0 Å². The molecule has 2 N–H and O–H groups in total. The predicted octanol–water partition coefficient (Wildman–Crippen LogP) is 6.22. The summed E-state index contributed by atoms with van der Waals surface area (Å²) in [5.41, 5.74) is 6.59. The number of pyridine rings is 1. The number of aryl methyl sites for hydroxylation is 2. The molecule has 0 radical (unpaired) electrons. The summed E-state index contributed by atoms with van der Waals surface area (Å²) in [6, 6.07) is 2.14. The highest BCUT2D eigenvalue weighted by molar-refractivity contribution is 6.04. The summed E-state index contributed by atoms with van der Waals surface area (Å²) in [4.78, 5) is 33.6. The van der Waals surface area contributed by atoms with Gasteiger partial charge in [0.25, 0.3) is 5.91 Å². The Hall–Kier alpha value is -3.56. The maximum Gasteiger partial charge on any atom is 0.256 e. The Morgan fingerprint density at radius 2 is 1.84 bits per heavy atom. The first kappa shape index (κ1) is 32.8. The SMILES string of the molecule is CC/C(=C(/C)C(=O)Nc1cc(NC(=O)CCN2CCC3(CC2)CC3)cnc1C)[N+]1(C)C(C)C=C(c2cnn(C)c2)C=CC1CC. The zero-order chi connectivity index (χ0) is 32.4. The monoisotopic (exact) mass is 614 g/mol. The summed E-state index contributed by atoms with van der Waals surface area (Å²) in [6.07, 6.45) is 19.8. The Morgan fingerprint density at radius 3 is 2.47 bits per heavy atom. The Bertz CT molecular complexity index is 1500. The van der Waals surface area contributed by atoms with Crippen LogP contribution in [0.25, 0.3) is 5.57 Å². The Balaban J connectivity index is 1.29. The van der Waals surface area contributed by atoms with E-state index in [2.05, 4.69) is 71.7 Å². The van der Waals surface area contributed by atoms with Crippen molar-refractivity contribution in [2.75, 3.05) is 37.3 Å². The van der Waals surface area contributed by atoms with Gasteiger partial charge in [0.1, 0.15) is 17.8 Å². The van der Waals surface area contributed by atoms with E-state index in [0.717, 1.165) is 49.3 Å². The second-order valence-electron chi connectivity index (χ2n) is 13.6. The summed E-state index contributed by atoms with van der Waals surface area (Å²) in [5, 5.41) is 10.5. The van der Waals surface area contributed by atoms with Crippen LogP contribution in [0.1, 0.15) is 83.9 Å². The third kappa shape index (κ3) is 7.15. The molecule has 1 saturated carbocycles. The van der Waals surface area contributed by atoms with Crippen molar-refractivity contribution in [1.29, 1.82) is 0 Å². The lowest BCUT2D eigenvalue weighted by Crippen LogP contribution is -2.55. The van der Waals surface area contributed by atoms with Gasteiger partial charge in [0.05, 0.1) is 42.1 Å². The quantitative estimate of drug-likeness (QED) is 0.245. The van der Waals surface area contributed by atoms with Gasteiger partial charge in [0.2, 0.25) is 5.91 Å². The maximum absolute atomic E-state index is 13.8. The minimum atomic E-state index is -0.148. The van der Waals surface area contributed by atoms with Gasteiger partial charge >= 0.3 is 0 Å². The van der Waals surface area contributed by atoms with E-state index in [4.69, 9.17) is 0 Å². The van der Waals surface area contributed by atoms with E-state index in [0.29, 0.717) is 39.0 Å². The van der Waals surface area contributed by atoms with Crippen LogP contribution in [0.15, 0.2) is 54.2 Å². The number of nitrogens with one attached hydrogen (secondary N) is 2. The van der Waals surface area contributed by atoms with Crippen LogP contribution in [0, 0.1) is 12.3 Å². The molecule has 9 heteroatoms. The zero-order valence-corrected chi connectivity index (χ0v) is 28.3. The first-order valence-corrected chi connectivity index (χ1v) is 16.7. The molecule has 0 aromatic carbocycles. The van der Waals surface area contributed by atoms with E-state index < -0.39 is 0 Å². The molecule has 3 aliphatic rings. The number of hydrogen-bond donors (Lipinski definition) is 2. The summed E-state index contributed by atoms with van der Waals surface area (Å²) >= 11 is 0. The van der Waals surface area contributed by atoms with Crippen LogP contribution >= 0.6 is 0 Å². The lowest BCUT2D eigenvalue weighted by Gasteiger charge is -2.45. The Morgan fingerprint density at radius 1 is 1.11 bits per heavy atom. The van der Waals surface area contributed by atoms with Crippen LogP contribution in [0.4, 0.5) is 11.4 Å². The molecule has 2 fully saturated rings. The van der Waals surface area contributed by atoms with E-state index in [1.165, 1.54) is 25.7 Å². The van der Waals surface area contributed by atoms with E-state index in [1.54, 1.807) is 6.20 Å². The van der Waals surface area contributed by atoms with Crippen LogP contribution in [0.5, 0.6) is 0 Å². The molecule has 2 aliphatic heterocycles. The number of quaternary nitrogens is 1. The van der Waals surface area contributed by atoms with Gasteiger partial charge < -0.3 is 15.5 Å². The zero-order valence-electron chi connectivity index (χ0n) is 28.3. The number of likely N-dealkylation sites (N-methyl/N-ethyl adjacent to an activating group) is 1. The second-order valence-corrected chi connectivity index (χ2v) is 13.6. The van der Waals surface area contributed by atoms with Crippen molar-refractivity contribution in [1.82, 2.24) is 19.7 Å². The van der Waals surface area contributed by atoms with Gasteiger partial charge in [0.15, 0.2) is 0 Å². The molecular weight excluding hydrogens is 562 g/mol. The molecule has 1 saturated heterocycles. The first-order chi connectivity index (χ1) is 21.5. The molecule has 2 aromatic rings. The largest absolute Gasteiger partial charge is 0.325 e. The molecule has 242 valence electrons. The molecular formula is C36H52N7O2+. The van der Waals surface area contributed by atoms with Crippen molar-refractivity contribution in [3.8, 4) is 0 Å². The number of likely N-dealkylation sites (tertiary alicyclic amines) is 1. The first-order valence-electron chi connectivity index (χ1n) is 16.7. The number of piperidine rings is 1. The van der Waals surface area contributed by atoms with E-state index >= 15 is 0 Å². The lowest BCUT2D eigenvalue weighted by molar-refractivity contribution is -0.908. The number of allylic oxidation sites excluding steroid dienone is 3. The van der Waals surface area contributed by atoms with Crippen molar-refractivity contribution in [2.24, 2.45) is 12.5 Å². The smallest absolute Gasteiger partial charge is 0.256 e. The standard InChI is InChI=1S/C36H51N7O2/c1-8-31-11-10-28(29-22-38-41(6)24-29)20-25(3)43(31,7)33(9-2)26(4)35(45)40-32-21-30(23-37-27(32)5)39-34(44)12-17-42-18-15-36(13-14-36)16-19-42/h10-11,20-25,31H,8-9,12-19H2,1-7H3,(H-,39,40,44,45)/p+1/b33-26+. The molecule has 0 bridgehead atoms. The number of rotatable bonds is 10. The Labute approximate surface area is 269 Å². The van der Waals surface area contributed by atoms with Crippen molar-refractivity contribution in [3.63, 3.8) is 0 Å². The summed E-state index contributed by atoms with van der Waals surface area (Å²) in [7, 11) is 4.18. The number of carbonyl (C=O) groups is 2. The van der Waals surface area contributed by atoms with Gasteiger partial charge in [-0.3, -0.25) is 23.7 Å². The van der Waals surface area contributed by atoms with Crippen molar-refractivity contribution >= 4 is 28.8 Å². The molecule has 5 rings (SSSR count). The number of carbonyl (C=O) groups excluding carboxylic acids is 2. The highest BCUT2D eigenvalue weighted by Crippen LogP contribution is 2.53. The summed E-state index contributed by atoms with van der Waals surface area (Å²) in [5.74, 6) is -0.177. The average molecular weight is 615 g/mol. The Kier molecular flexibility index (Phi) is 9.80. The van der Waals surface area contributed by atoms with E-state index in [-0.39, 0.29) is 23.9 Å². The molecule has 45 heavy (non-hydrogen) atoms. The minimum absolute atomic E-state index is 0.0288. The molecule has 3 atom stereocenters. The molecule has 2 aromatic heterocycles. The van der Waals surface area contributed by atoms with Gasteiger partial charge in [-0.05, 0) is 88.8 Å². The predicted molar refractivity (Wildman–Crippen MR) is 181 cm³/mol. The fourth-order valence-electron chi connectivity index (χ4n) is 7.34. The van der Waals surface area contributed by atoms with E-state index in [9.17, 15) is 9.59 Å². The van der Waals surface area contributed by atoms with Crippen LogP contribution in [0.3, 0.4) is 0 Å². The van der Waals surface area contributed by atoms with Gasteiger partial charge in [-0.2, -0.15) is 5.10 Å². The number of amides is 2. The highest BCUT2D eigenvalue weighted by Gasteiger charge is 2.44. The summed E-state index contributed by atoms with van der Waals surface area (Å²) in [6.45, 7) is 13.3. The molecule has 1 spiro atoms. The maximum atomic E-state index is 13.8. The fourth-order valence-corrected chi connectivity index (χ4v) is 7.34. The van der Waals surface area contributed by atoms with Crippen molar-refractivity contribution < 1.29 is 14.1 Å². The normalized spacial score (nSPS) is 24.9. The number of anilines is 2. The molecule has 4 heterocycles. The summed E-state index contributed by atoms with van der Waals surface area (Å²) < 4.78 is 2.45. The van der Waals surface area contributed by atoms with Crippen LogP contribution in [-0.4, -0.2) is 74.7 Å². The van der Waals surface area contributed by atoms with Gasteiger partial charge in [-0.1, -0.05) is 19.9 Å². The van der Waals surface area contributed by atoms with Gasteiger partial charge in [-0.15, -0.1) is 0 Å². The van der Waals surface area contributed by atoms with Crippen LogP contribution in [-0.2, 0) is 16.6 Å². The molecule has 2 amide bonds. The lowest BCUT2D eigenvalue weighted by atomic mass is 9.94. The highest BCUT2D eigenvalue weighted by atomic mass is 16.2. The third-order valence-electron chi connectivity index (χ3n) is 10.7. The van der Waals surface area contributed by atoms with Crippen LogP contribution < -0.4 is 10.6 Å². The number of nitrogens with zero attached hydrogens (tertiary/aromatic N) is 5. The molecule has 3 unspecified atom stereocenters. The minimum Gasteiger partial charge on any atom is -0.325 e.